The van der Waals surface area contributed by atoms with Crippen molar-refractivity contribution in [2.45, 2.75) is 13.0 Å². The second-order valence-corrected chi connectivity index (χ2v) is 7.10. The van der Waals surface area contributed by atoms with E-state index in [-0.39, 0.29) is 11.3 Å². The molecule has 34 heavy (non-hydrogen) atoms. The number of nitro benzene ring substituents is 1. The van der Waals surface area contributed by atoms with Gasteiger partial charge >= 0.3 is 5.97 Å². The number of carbonyl (C=O) groups excluding carboxylic acids is 3. The Kier molecular flexibility index (Phi) is 7.90. The summed E-state index contributed by atoms with van der Waals surface area (Å²) in [7, 11) is 0. The van der Waals surface area contributed by atoms with E-state index < -0.39 is 35.4 Å². The molecule has 0 spiro atoms. The second kappa shape index (κ2) is 11.2. The molecule has 0 fully saturated rings. The zero-order valence-corrected chi connectivity index (χ0v) is 18.1. The van der Waals surface area contributed by atoms with Crippen LogP contribution in [0.2, 0.25) is 0 Å². The molecule has 0 radical (unpaired) electrons. The lowest BCUT2D eigenvalue weighted by molar-refractivity contribution is -0.384. The van der Waals surface area contributed by atoms with E-state index in [9.17, 15) is 24.5 Å². The van der Waals surface area contributed by atoms with Gasteiger partial charge in [0.2, 0.25) is 0 Å². The smallest absolute Gasteiger partial charge is 0.328 e. The van der Waals surface area contributed by atoms with Crippen LogP contribution in [0.5, 0.6) is 11.5 Å². The molecular formula is C24H21N3O7. The zero-order chi connectivity index (χ0) is 24.5. The minimum absolute atomic E-state index is 0.0178. The topological polar surface area (TPSA) is 137 Å². The van der Waals surface area contributed by atoms with Crippen LogP contribution in [0.15, 0.2) is 78.9 Å². The number of ether oxygens (including phenoxy) is 2. The third kappa shape index (κ3) is 6.89. The van der Waals surface area contributed by atoms with Crippen molar-refractivity contribution in [3.8, 4) is 11.5 Å². The first kappa shape index (κ1) is 23.9. The van der Waals surface area contributed by atoms with E-state index in [1.54, 1.807) is 36.4 Å². The van der Waals surface area contributed by atoms with Crippen molar-refractivity contribution in [2.75, 3.05) is 11.9 Å². The Morgan fingerprint density at radius 2 is 1.65 bits per heavy atom. The average molecular weight is 463 g/mol. The summed E-state index contributed by atoms with van der Waals surface area (Å²) in [4.78, 5) is 46.8. The molecule has 0 saturated carbocycles. The number of benzene rings is 3. The van der Waals surface area contributed by atoms with Gasteiger partial charge in [-0.2, -0.15) is 0 Å². The van der Waals surface area contributed by atoms with Gasteiger partial charge in [0.05, 0.1) is 4.92 Å². The van der Waals surface area contributed by atoms with E-state index in [0.717, 1.165) is 6.07 Å². The van der Waals surface area contributed by atoms with Crippen molar-refractivity contribution in [2.24, 2.45) is 0 Å². The molecule has 0 unspecified atom stereocenters. The predicted molar refractivity (Wildman–Crippen MR) is 123 cm³/mol. The molecule has 0 aliphatic rings. The zero-order valence-electron chi connectivity index (χ0n) is 18.1. The molecular weight excluding hydrogens is 442 g/mol. The highest BCUT2D eigenvalue weighted by atomic mass is 16.6. The van der Waals surface area contributed by atoms with Crippen molar-refractivity contribution in [3.05, 3.63) is 94.5 Å². The molecule has 174 valence electrons. The fourth-order valence-electron chi connectivity index (χ4n) is 2.82. The van der Waals surface area contributed by atoms with Crippen LogP contribution in [0, 0.1) is 10.1 Å². The van der Waals surface area contributed by atoms with Gasteiger partial charge in [0.15, 0.2) is 6.61 Å². The van der Waals surface area contributed by atoms with Crippen molar-refractivity contribution < 1.29 is 28.8 Å². The summed E-state index contributed by atoms with van der Waals surface area (Å²) in [6.07, 6.45) is 0. The van der Waals surface area contributed by atoms with Crippen molar-refractivity contribution in [3.63, 3.8) is 0 Å². The molecule has 0 bridgehead atoms. The maximum absolute atomic E-state index is 12.2. The summed E-state index contributed by atoms with van der Waals surface area (Å²) in [5, 5.41) is 15.8. The molecule has 3 aromatic rings. The van der Waals surface area contributed by atoms with Gasteiger partial charge in [-0.3, -0.25) is 19.7 Å². The van der Waals surface area contributed by atoms with Crippen LogP contribution >= 0.6 is 0 Å². The summed E-state index contributed by atoms with van der Waals surface area (Å²) < 4.78 is 10.7. The van der Waals surface area contributed by atoms with Gasteiger partial charge in [-0.15, -0.1) is 0 Å². The third-order valence-corrected chi connectivity index (χ3v) is 4.46. The van der Waals surface area contributed by atoms with E-state index in [0.29, 0.717) is 17.2 Å². The summed E-state index contributed by atoms with van der Waals surface area (Å²) in [6, 6.07) is 19.8. The molecule has 0 aliphatic heterocycles. The molecule has 3 rings (SSSR count). The quantitative estimate of drug-likeness (QED) is 0.280. The van der Waals surface area contributed by atoms with Crippen LogP contribution in [0.3, 0.4) is 0 Å². The Balaban J connectivity index is 1.48. The average Bonchev–Trinajstić information content (AvgIpc) is 2.83. The lowest BCUT2D eigenvalue weighted by atomic mass is 10.2. The molecule has 0 aliphatic carbocycles. The predicted octanol–water partition coefficient (Wildman–Crippen LogP) is 3.69. The van der Waals surface area contributed by atoms with Crippen LogP contribution in [0.4, 0.5) is 11.4 Å². The first-order valence-electron chi connectivity index (χ1n) is 10.2. The van der Waals surface area contributed by atoms with Crippen molar-refractivity contribution >= 4 is 29.2 Å². The number of nitrogens with zero attached hydrogens (tertiary/aromatic N) is 1. The van der Waals surface area contributed by atoms with Gasteiger partial charge < -0.3 is 20.1 Å². The SMILES string of the molecule is C[C@H](NC(=O)c1cccc([N+](=O)[O-])c1)C(=O)OCC(=O)Nc1cccc(Oc2ccccc2)c1. The van der Waals surface area contributed by atoms with E-state index in [4.69, 9.17) is 9.47 Å². The number of amides is 2. The van der Waals surface area contributed by atoms with Gasteiger partial charge in [-0.1, -0.05) is 30.3 Å². The second-order valence-electron chi connectivity index (χ2n) is 7.10. The minimum Gasteiger partial charge on any atom is -0.457 e. The maximum atomic E-state index is 12.2. The number of esters is 1. The number of anilines is 1. The fourth-order valence-corrected chi connectivity index (χ4v) is 2.82. The molecule has 1 atom stereocenters. The lowest BCUT2D eigenvalue weighted by Crippen LogP contribution is -2.40. The number of rotatable bonds is 9. The maximum Gasteiger partial charge on any atom is 0.328 e. The summed E-state index contributed by atoms with van der Waals surface area (Å²) >= 11 is 0. The number of para-hydroxylation sites is 1. The summed E-state index contributed by atoms with van der Waals surface area (Å²) in [5.74, 6) is -0.954. The number of non-ortho nitro benzene ring substituents is 1. The van der Waals surface area contributed by atoms with Crippen LogP contribution in [0.25, 0.3) is 0 Å². The van der Waals surface area contributed by atoms with Gasteiger partial charge in [0, 0.05) is 29.4 Å². The highest BCUT2D eigenvalue weighted by Gasteiger charge is 2.20. The largest absolute Gasteiger partial charge is 0.457 e. The third-order valence-electron chi connectivity index (χ3n) is 4.46. The van der Waals surface area contributed by atoms with Crippen molar-refractivity contribution in [1.82, 2.24) is 5.32 Å². The highest BCUT2D eigenvalue weighted by Crippen LogP contribution is 2.23. The highest BCUT2D eigenvalue weighted by molar-refractivity contribution is 5.98. The molecule has 3 aromatic carbocycles. The standard InChI is InChI=1S/C24H21N3O7/c1-16(25-23(29)17-7-5-9-19(13-17)27(31)32)24(30)33-15-22(28)26-18-8-6-12-21(14-18)34-20-10-3-2-4-11-20/h2-14,16H,15H2,1H3,(H,25,29)(H,26,28)/t16-/m0/s1. The number of nitro groups is 1. The van der Waals surface area contributed by atoms with Crippen LogP contribution in [0.1, 0.15) is 17.3 Å². The number of hydrogen-bond donors (Lipinski definition) is 2. The Hall–Kier alpha value is -4.73. The molecule has 0 aromatic heterocycles. The molecule has 2 N–H and O–H groups in total. The van der Waals surface area contributed by atoms with E-state index in [2.05, 4.69) is 10.6 Å². The van der Waals surface area contributed by atoms with E-state index >= 15 is 0 Å². The summed E-state index contributed by atoms with van der Waals surface area (Å²) in [5.41, 5.74) is 0.212. The Morgan fingerprint density at radius 3 is 2.38 bits per heavy atom. The first-order chi connectivity index (χ1) is 16.3. The number of hydrogen-bond acceptors (Lipinski definition) is 7. The molecule has 10 heteroatoms. The van der Waals surface area contributed by atoms with Gasteiger partial charge in [-0.25, -0.2) is 4.79 Å². The van der Waals surface area contributed by atoms with Crippen molar-refractivity contribution in [1.29, 1.82) is 0 Å². The van der Waals surface area contributed by atoms with E-state index in [1.165, 1.54) is 25.1 Å². The normalized spacial score (nSPS) is 11.1. The molecule has 10 nitrogen and oxygen atoms in total. The van der Waals surface area contributed by atoms with Gasteiger partial charge in [0.25, 0.3) is 17.5 Å². The van der Waals surface area contributed by atoms with Gasteiger partial charge in [0.1, 0.15) is 17.5 Å². The van der Waals surface area contributed by atoms with Crippen LogP contribution in [-0.4, -0.2) is 35.4 Å². The monoisotopic (exact) mass is 463 g/mol. The molecule has 0 saturated heterocycles. The molecule has 0 heterocycles. The summed E-state index contributed by atoms with van der Waals surface area (Å²) in [6.45, 7) is 0.805. The molecule has 2 amide bonds. The van der Waals surface area contributed by atoms with Gasteiger partial charge in [-0.05, 0) is 37.3 Å². The van der Waals surface area contributed by atoms with Crippen LogP contribution < -0.4 is 15.4 Å². The Labute approximate surface area is 194 Å². The lowest BCUT2D eigenvalue weighted by Gasteiger charge is -2.13. The fraction of sp³-hybridized carbons (Fsp3) is 0.125. The van der Waals surface area contributed by atoms with E-state index in [1.807, 2.05) is 18.2 Å². The first-order valence-corrected chi connectivity index (χ1v) is 10.2. The number of nitrogens with one attached hydrogen (secondary N) is 2. The number of carbonyl (C=O) groups is 3. The Bertz CT molecular complexity index is 1200. The Morgan fingerprint density at radius 1 is 0.941 bits per heavy atom. The minimum atomic E-state index is -1.08. The van der Waals surface area contributed by atoms with Crippen LogP contribution in [-0.2, 0) is 14.3 Å².